The first-order valence-electron chi connectivity index (χ1n) is 10.3. The monoisotopic (exact) mass is 424 g/mol. The maximum Gasteiger partial charge on any atom is 0.123 e. The molecule has 1 aliphatic rings. The van der Waals surface area contributed by atoms with E-state index in [1.165, 1.54) is 23.3 Å². The number of benzene rings is 3. The Bertz CT molecular complexity index is 962. The van der Waals surface area contributed by atoms with Crippen molar-refractivity contribution in [2.45, 2.75) is 26.2 Å². The van der Waals surface area contributed by atoms with Crippen LogP contribution in [0.5, 0.6) is 5.75 Å². The van der Waals surface area contributed by atoms with Gasteiger partial charge in [-0.15, -0.1) is 0 Å². The first-order valence-corrected chi connectivity index (χ1v) is 10.7. The van der Waals surface area contributed by atoms with Gasteiger partial charge in [0.15, 0.2) is 0 Å². The molecule has 4 rings (SSSR count). The van der Waals surface area contributed by atoms with E-state index in [1.54, 1.807) is 0 Å². The Morgan fingerprint density at radius 2 is 1.50 bits per heavy atom. The summed E-state index contributed by atoms with van der Waals surface area (Å²) in [7, 11) is 0. The highest BCUT2D eigenvalue weighted by Crippen LogP contribution is 2.34. The maximum atomic E-state index is 13.3. The van der Waals surface area contributed by atoms with Gasteiger partial charge < -0.3 is 4.74 Å². The highest BCUT2D eigenvalue weighted by molar-refractivity contribution is 6.30. The van der Waals surface area contributed by atoms with E-state index < -0.39 is 0 Å². The van der Waals surface area contributed by atoms with E-state index in [4.69, 9.17) is 16.3 Å². The summed E-state index contributed by atoms with van der Waals surface area (Å²) in [6, 6.07) is 23.2. The third kappa shape index (κ3) is 5.01. The minimum atomic E-state index is -0.205. The van der Waals surface area contributed by atoms with Crippen molar-refractivity contribution in [2.24, 2.45) is 0 Å². The summed E-state index contributed by atoms with van der Waals surface area (Å²) in [6.45, 7) is 6.14. The van der Waals surface area contributed by atoms with Crippen LogP contribution in [-0.4, -0.2) is 29.5 Å². The van der Waals surface area contributed by atoms with Gasteiger partial charge in [-0.05, 0) is 60.0 Å². The topological polar surface area (TPSA) is 15.7 Å². The van der Waals surface area contributed by atoms with Gasteiger partial charge in [-0.3, -0.25) is 9.80 Å². The zero-order valence-corrected chi connectivity index (χ0v) is 17.9. The molecule has 5 heteroatoms. The van der Waals surface area contributed by atoms with E-state index >= 15 is 0 Å². The van der Waals surface area contributed by atoms with Crippen molar-refractivity contribution in [2.75, 3.05) is 19.7 Å². The number of ether oxygens (including phenoxy) is 1. The average Bonchev–Trinajstić information content (AvgIpc) is 3.13. The molecule has 1 heterocycles. The van der Waals surface area contributed by atoms with Crippen LogP contribution in [0.15, 0.2) is 72.8 Å². The Labute approximate surface area is 182 Å². The highest BCUT2D eigenvalue weighted by atomic mass is 35.5. The Hall–Kier alpha value is -2.40. The zero-order valence-electron chi connectivity index (χ0n) is 17.1. The SMILES string of the molecule is CCOc1ccc(CN2CCN(Cc3ccc(F)cc3)[C@@H]2c2cccc(Cl)c2)cc1. The molecular weight excluding hydrogens is 399 g/mol. The first-order chi connectivity index (χ1) is 14.6. The third-order valence-electron chi connectivity index (χ3n) is 5.43. The lowest BCUT2D eigenvalue weighted by Crippen LogP contribution is -2.30. The molecule has 1 saturated heterocycles. The van der Waals surface area contributed by atoms with Gasteiger partial charge in [0, 0.05) is 31.2 Å². The van der Waals surface area contributed by atoms with Gasteiger partial charge in [-0.2, -0.15) is 0 Å². The molecule has 0 aliphatic carbocycles. The van der Waals surface area contributed by atoms with Crippen LogP contribution < -0.4 is 4.74 Å². The molecule has 3 nitrogen and oxygen atoms in total. The number of nitrogens with zero attached hydrogens (tertiary/aromatic N) is 2. The normalized spacial score (nSPS) is 17.4. The Kier molecular flexibility index (Phi) is 6.68. The van der Waals surface area contributed by atoms with Crippen LogP contribution in [0.3, 0.4) is 0 Å². The molecule has 0 bridgehead atoms. The minimum absolute atomic E-state index is 0.111. The van der Waals surface area contributed by atoms with E-state index in [2.05, 4.69) is 28.0 Å². The fourth-order valence-electron chi connectivity index (χ4n) is 4.07. The van der Waals surface area contributed by atoms with Crippen molar-refractivity contribution in [1.82, 2.24) is 9.80 Å². The van der Waals surface area contributed by atoms with E-state index in [0.29, 0.717) is 6.61 Å². The number of rotatable bonds is 7. The molecule has 1 aliphatic heterocycles. The summed E-state index contributed by atoms with van der Waals surface area (Å²) >= 11 is 6.31. The lowest BCUT2D eigenvalue weighted by Gasteiger charge is -2.31. The van der Waals surface area contributed by atoms with Crippen LogP contribution in [0.25, 0.3) is 0 Å². The summed E-state index contributed by atoms with van der Waals surface area (Å²) in [4.78, 5) is 4.89. The molecule has 1 atom stereocenters. The standard InChI is InChI=1S/C25H26ClFN2O/c1-2-30-24-12-8-20(9-13-24)18-29-15-14-28(17-19-6-10-23(27)11-7-19)25(29)21-4-3-5-22(26)16-21/h3-13,16,25H,2,14-15,17-18H2,1H3/t25-/m0/s1. The molecule has 0 N–H and O–H groups in total. The molecule has 0 unspecified atom stereocenters. The number of hydrogen-bond donors (Lipinski definition) is 0. The Balaban J connectivity index is 1.56. The summed E-state index contributed by atoms with van der Waals surface area (Å²) in [6.07, 6.45) is 0.111. The average molecular weight is 425 g/mol. The first kappa shape index (κ1) is 20.9. The third-order valence-corrected chi connectivity index (χ3v) is 5.67. The van der Waals surface area contributed by atoms with Crippen molar-refractivity contribution in [3.8, 4) is 5.75 Å². The highest BCUT2D eigenvalue weighted by Gasteiger charge is 2.33. The maximum absolute atomic E-state index is 13.3. The largest absolute Gasteiger partial charge is 0.494 e. The quantitative estimate of drug-likeness (QED) is 0.470. The Morgan fingerprint density at radius 1 is 0.900 bits per heavy atom. The van der Waals surface area contributed by atoms with Gasteiger partial charge in [0.05, 0.1) is 12.8 Å². The van der Waals surface area contributed by atoms with Crippen LogP contribution in [0.2, 0.25) is 5.02 Å². The van der Waals surface area contributed by atoms with E-state index in [9.17, 15) is 4.39 Å². The molecule has 3 aromatic carbocycles. The summed E-state index contributed by atoms with van der Waals surface area (Å²) in [5.74, 6) is 0.690. The van der Waals surface area contributed by atoms with Crippen molar-refractivity contribution in [3.63, 3.8) is 0 Å². The second-order valence-corrected chi connectivity index (χ2v) is 8.01. The van der Waals surface area contributed by atoms with Crippen molar-refractivity contribution >= 4 is 11.6 Å². The van der Waals surface area contributed by atoms with Gasteiger partial charge in [0.1, 0.15) is 11.6 Å². The summed E-state index contributed by atoms with van der Waals surface area (Å²) in [5.41, 5.74) is 3.52. The molecule has 1 fully saturated rings. The Morgan fingerprint density at radius 3 is 2.07 bits per heavy atom. The minimum Gasteiger partial charge on any atom is -0.494 e. The molecule has 0 aromatic heterocycles. The van der Waals surface area contributed by atoms with Gasteiger partial charge in [0.2, 0.25) is 0 Å². The molecule has 0 amide bonds. The van der Waals surface area contributed by atoms with E-state index in [0.717, 1.165) is 42.5 Å². The smallest absolute Gasteiger partial charge is 0.123 e. The van der Waals surface area contributed by atoms with Crippen molar-refractivity contribution in [1.29, 1.82) is 0 Å². The van der Waals surface area contributed by atoms with Gasteiger partial charge >= 0.3 is 0 Å². The summed E-state index contributed by atoms with van der Waals surface area (Å²) in [5, 5.41) is 0.738. The summed E-state index contributed by atoms with van der Waals surface area (Å²) < 4.78 is 18.9. The predicted octanol–water partition coefficient (Wildman–Crippen LogP) is 5.89. The van der Waals surface area contributed by atoms with Gasteiger partial charge in [-0.1, -0.05) is 48.0 Å². The molecule has 3 aromatic rings. The van der Waals surface area contributed by atoms with Crippen LogP contribution in [0.4, 0.5) is 4.39 Å². The van der Waals surface area contributed by atoms with Gasteiger partial charge in [0.25, 0.3) is 0 Å². The van der Waals surface area contributed by atoms with Gasteiger partial charge in [-0.25, -0.2) is 4.39 Å². The van der Waals surface area contributed by atoms with E-state index in [-0.39, 0.29) is 12.0 Å². The molecule has 0 saturated carbocycles. The lowest BCUT2D eigenvalue weighted by atomic mass is 10.1. The lowest BCUT2D eigenvalue weighted by molar-refractivity contribution is 0.126. The molecule has 156 valence electrons. The number of halogens is 2. The van der Waals surface area contributed by atoms with Crippen LogP contribution in [-0.2, 0) is 13.1 Å². The van der Waals surface area contributed by atoms with Crippen LogP contribution in [0.1, 0.15) is 29.8 Å². The molecule has 0 spiro atoms. The van der Waals surface area contributed by atoms with E-state index in [1.807, 2.05) is 49.4 Å². The van der Waals surface area contributed by atoms with Crippen molar-refractivity contribution < 1.29 is 9.13 Å². The molecule has 30 heavy (non-hydrogen) atoms. The fourth-order valence-corrected chi connectivity index (χ4v) is 4.27. The fraction of sp³-hybridized carbons (Fsp3) is 0.280. The zero-order chi connectivity index (χ0) is 20.9. The predicted molar refractivity (Wildman–Crippen MR) is 119 cm³/mol. The van der Waals surface area contributed by atoms with Crippen LogP contribution in [0, 0.1) is 5.82 Å². The van der Waals surface area contributed by atoms with Crippen LogP contribution >= 0.6 is 11.6 Å². The second-order valence-electron chi connectivity index (χ2n) is 7.57. The molecule has 0 radical (unpaired) electrons. The second kappa shape index (κ2) is 9.61. The van der Waals surface area contributed by atoms with Crippen molar-refractivity contribution in [3.05, 3.63) is 100 Å². The number of hydrogen-bond acceptors (Lipinski definition) is 3. The molecular formula is C25H26ClFN2O.